The average molecular weight is 492 g/mol. The van der Waals surface area contributed by atoms with Crippen LogP contribution in [0.25, 0.3) is 5.57 Å². The third kappa shape index (κ3) is 5.47. The number of nitrogens with one attached hydrogen (secondary N) is 1. The molecule has 0 spiro atoms. The molecule has 0 heterocycles. The van der Waals surface area contributed by atoms with Crippen molar-refractivity contribution in [2.45, 2.75) is 85.6 Å². The van der Waals surface area contributed by atoms with E-state index in [2.05, 4.69) is 122 Å². The molecule has 194 valence electrons. The van der Waals surface area contributed by atoms with E-state index in [-0.39, 0.29) is 11.5 Å². The molecule has 4 rings (SSSR count). The molecular formula is C36H45N. The van der Waals surface area contributed by atoms with Crippen LogP contribution in [-0.2, 0) is 31.1 Å². The number of hydrogen-bond acceptors (Lipinski definition) is 1. The van der Waals surface area contributed by atoms with E-state index in [1.54, 1.807) is 0 Å². The first-order valence-corrected chi connectivity index (χ1v) is 13.9. The number of fused-ring (bicyclic) bond motifs is 2. The maximum atomic E-state index is 4.27. The molecule has 0 fully saturated rings. The highest BCUT2D eigenvalue weighted by Gasteiger charge is 2.33. The number of aryl methyl sites for hydroxylation is 1. The van der Waals surface area contributed by atoms with Crippen molar-refractivity contribution >= 4 is 5.57 Å². The van der Waals surface area contributed by atoms with E-state index in [4.69, 9.17) is 0 Å². The minimum atomic E-state index is -0.0463. The van der Waals surface area contributed by atoms with Gasteiger partial charge in [0, 0.05) is 11.5 Å². The van der Waals surface area contributed by atoms with Crippen molar-refractivity contribution in [2.75, 3.05) is 0 Å². The smallest absolute Gasteiger partial charge is 0.0319 e. The molecule has 0 radical (unpaired) electrons. The Bertz CT molecular complexity index is 1310. The Hall–Kier alpha value is -3.06. The fraction of sp³-hybridized carbons (Fsp3) is 0.389. The number of benzene rings is 2. The van der Waals surface area contributed by atoms with Crippen molar-refractivity contribution in [2.24, 2.45) is 5.92 Å². The van der Waals surface area contributed by atoms with Crippen LogP contribution in [0.4, 0.5) is 0 Å². The Morgan fingerprint density at radius 3 is 2.41 bits per heavy atom. The molecule has 0 aromatic heterocycles. The summed E-state index contributed by atoms with van der Waals surface area (Å²) in [6.07, 6.45) is 12.9. The van der Waals surface area contributed by atoms with Gasteiger partial charge in [0.2, 0.25) is 0 Å². The zero-order chi connectivity index (χ0) is 26.9. The van der Waals surface area contributed by atoms with Gasteiger partial charge in [0.15, 0.2) is 0 Å². The van der Waals surface area contributed by atoms with E-state index in [1.807, 2.05) is 0 Å². The summed E-state index contributed by atoms with van der Waals surface area (Å²) >= 11 is 0. The highest BCUT2D eigenvalue weighted by Crippen LogP contribution is 2.41. The second-order valence-corrected chi connectivity index (χ2v) is 12.1. The molecule has 0 amide bonds. The third-order valence-corrected chi connectivity index (χ3v) is 8.76. The van der Waals surface area contributed by atoms with Gasteiger partial charge in [-0.1, -0.05) is 100 Å². The molecule has 1 unspecified atom stereocenters. The van der Waals surface area contributed by atoms with Crippen molar-refractivity contribution in [1.82, 2.24) is 5.32 Å². The first-order valence-electron chi connectivity index (χ1n) is 13.9. The normalized spacial score (nSPS) is 18.3. The first kappa shape index (κ1) is 27.0. The monoisotopic (exact) mass is 491 g/mol. The molecule has 1 N–H and O–H groups in total. The van der Waals surface area contributed by atoms with Crippen LogP contribution >= 0.6 is 0 Å². The third-order valence-electron chi connectivity index (χ3n) is 8.76. The van der Waals surface area contributed by atoms with E-state index in [1.165, 1.54) is 55.7 Å². The zero-order valence-electron chi connectivity index (χ0n) is 24.1. The zero-order valence-corrected chi connectivity index (χ0v) is 24.1. The molecule has 37 heavy (non-hydrogen) atoms. The highest BCUT2D eigenvalue weighted by atomic mass is 14.9. The molecule has 1 nitrogen and oxygen atoms in total. The molecule has 1 atom stereocenters. The van der Waals surface area contributed by atoms with Gasteiger partial charge >= 0.3 is 0 Å². The van der Waals surface area contributed by atoms with Gasteiger partial charge in [-0.15, -0.1) is 0 Å². The second-order valence-electron chi connectivity index (χ2n) is 12.1. The highest BCUT2D eigenvalue weighted by molar-refractivity contribution is 5.66. The van der Waals surface area contributed by atoms with Crippen LogP contribution in [0.15, 0.2) is 84.6 Å². The van der Waals surface area contributed by atoms with Gasteiger partial charge < -0.3 is 5.32 Å². The van der Waals surface area contributed by atoms with Gasteiger partial charge in [0.05, 0.1) is 0 Å². The second kappa shape index (κ2) is 10.7. The summed E-state index contributed by atoms with van der Waals surface area (Å²) in [5.41, 5.74) is 15.6. The van der Waals surface area contributed by atoms with Gasteiger partial charge in [-0.3, -0.25) is 0 Å². The Labute approximate surface area is 225 Å². The maximum absolute atomic E-state index is 4.27. The molecule has 0 saturated carbocycles. The van der Waals surface area contributed by atoms with Crippen LogP contribution in [-0.4, -0.2) is 6.04 Å². The van der Waals surface area contributed by atoms with Gasteiger partial charge in [0.25, 0.3) is 0 Å². The van der Waals surface area contributed by atoms with E-state index >= 15 is 0 Å². The summed E-state index contributed by atoms with van der Waals surface area (Å²) < 4.78 is 0. The standard InChI is InChI=1S/C36H45N/c1-10-32(24(4)5)31-20-30-19-29(23(2)3)22-35(34(30)21-31)36(8,9)26(7)37-16-12-14-27-17-28-15-11-13-25(6)33(28)18-27/h10-16,19,22,24,26,37H,1-2,17-18,20-21H2,3-9H3/b16-12-,27-14-,32-31+. The Kier molecular flexibility index (Phi) is 7.83. The molecule has 2 aromatic rings. The number of rotatable bonds is 8. The Morgan fingerprint density at radius 1 is 1.00 bits per heavy atom. The predicted octanol–water partition coefficient (Wildman–Crippen LogP) is 8.76. The Balaban J connectivity index is 1.56. The van der Waals surface area contributed by atoms with Crippen LogP contribution < -0.4 is 5.32 Å². The molecule has 2 aliphatic rings. The van der Waals surface area contributed by atoms with Crippen LogP contribution in [0, 0.1) is 12.8 Å². The largest absolute Gasteiger partial charge is 0.388 e. The van der Waals surface area contributed by atoms with Crippen molar-refractivity contribution in [3.05, 3.63) is 124 Å². The molecule has 2 aliphatic carbocycles. The van der Waals surface area contributed by atoms with Crippen LogP contribution in [0.1, 0.15) is 80.5 Å². The summed E-state index contributed by atoms with van der Waals surface area (Å²) in [6.45, 7) is 24.4. The van der Waals surface area contributed by atoms with Crippen LogP contribution in [0.3, 0.4) is 0 Å². The van der Waals surface area contributed by atoms with E-state index in [0.717, 1.165) is 31.3 Å². The van der Waals surface area contributed by atoms with E-state index in [9.17, 15) is 0 Å². The maximum Gasteiger partial charge on any atom is 0.0319 e. The quantitative estimate of drug-likeness (QED) is 0.389. The predicted molar refractivity (Wildman–Crippen MR) is 162 cm³/mol. The lowest BCUT2D eigenvalue weighted by molar-refractivity contribution is 0.391. The van der Waals surface area contributed by atoms with E-state index in [0.29, 0.717) is 5.92 Å². The minimum Gasteiger partial charge on any atom is -0.388 e. The molecule has 0 aliphatic heterocycles. The topological polar surface area (TPSA) is 12.0 Å². The van der Waals surface area contributed by atoms with Gasteiger partial charge in [-0.25, -0.2) is 0 Å². The summed E-state index contributed by atoms with van der Waals surface area (Å²) in [6, 6.07) is 11.7. The lowest BCUT2D eigenvalue weighted by Gasteiger charge is -2.35. The van der Waals surface area contributed by atoms with Gasteiger partial charge in [0.1, 0.15) is 0 Å². The average Bonchev–Trinajstić information content (AvgIpc) is 3.45. The number of allylic oxidation sites excluding steroid dienone is 7. The minimum absolute atomic E-state index is 0.0463. The van der Waals surface area contributed by atoms with Gasteiger partial charge in [-0.05, 0) is 109 Å². The molecule has 2 aromatic carbocycles. The fourth-order valence-electron chi connectivity index (χ4n) is 6.08. The summed E-state index contributed by atoms with van der Waals surface area (Å²) in [4.78, 5) is 0. The van der Waals surface area contributed by atoms with Crippen molar-refractivity contribution < 1.29 is 0 Å². The van der Waals surface area contributed by atoms with E-state index < -0.39 is 0 Å². The summed E-state index contributed by atoms with van der Waals surface area (Å²) in [7, 11) is 0. The molecule has 1 heteroatoms. The van der Waals surface area contributed by atoms with Gasteiger partial charge in [-0.2, -0.15) is 0 Å². The SMILES string of the molecule is C=C/C(=C1/Cc2cc(C(=C)C)cc(C(C)(C)C(C)N/C=C\C=C3\Cc4cccc(C)c4C3)c2C1)C(C)C. The van der Waals surface area contributed by atoms with Crippen molar-refractivity contribution in [3.8, 4) is 0 Å². The van der Waals surface area contributed by atoms with Crippen molar-refractivity contribution in [1.29, 1.82) is 0 Å². The molecule has 0 bridgehead atoms. The van der Waals surface area contributed by atoms with Crippen molar-refractivity contribution in [3.63, 3.8) is 0 Å². The van der Waals surface area contributed by atoms with Crippen LogP contribution in [0.5, 0.6) is 0 Å². The van der Waals surface area contributed by atoms with Crippen LogP contribution in [0.2, 0.25) is 0 Å². The lowest BCUT2D eigenvalue weighted by Crippen LogP contribution is -2.41. The summed E-state index contributed by atoms with van der Waals surface area (Å²) in [5.74, 6) is 0.496. The molecular weight excluding hydrogens is 446 g/mol. The summed E-state index contributed by atoms with van der Waals surface area (Å²) in [5, 5.41) is 3.71. The lowest BCUT2D eigenvalue weighted by atomic mass is 9.74. The molecule has 0 saturated heterocycles. The number of hydrogen-bond donors (Lipinski definition) is 1. The Morgan fingerprint density at radius 2 is 1.76 bits per heavy atom. The fourth-order valence-corrected chi connectivity index (χ4v) is 6.08. The first-order chi connectivity index (χ1) is 17.5.